The highest BCUT2D eigenvalue weighted by Crippen LogP contribution is 2.19. The molecular formula is C13H20N2O. The van der Waals surface area contributed by atoms with Gasteiger partial charge in [-0.15, -0.1) is 0 Å². The number of hydrogen-bond donors (Lipinski definition) is 2. The van der Waals surface area contributed by atoms with Crippen LogP contribution in [0.15, 0.2) is 24.3 Å². The molecule has 0 bridgehead atoms. The van der Waals surface area contributed by atoms with Crippen LogP contribution >= 0.6 is 0 Å². The minimum atomic E-state index is 0.397. The van der Waals surface area contributed by atoms with E-state index in [1.54, 1.807) is 0 Å². The van der Waals surface area contributed by atoms with Gasteiger partial charge in [0.2, 0.25) is 0 Å². The molecule has 2 rings (SSSR count). The Labute approximate surface area is 97.0 Å². The molecular weight excluding hydrogens is 200 g/mol. The molecule has 2 atom stereocenters. The molecule has 0 saturated carbocycles. The summed E-state index contributed by atoms with van der Waals surface area (Å²) < 4.78 is 5.53. The maximum Gasteiger partial charge on any atom is 0.0588 e. The quantitative estimate of drug-likeness (QED) is 0.760. The lowest BCUT2D eigenvalue weighted by molar-refractivity contribution is 0.105. The second kappa shape index (κ2) is 5.32. The van der Waals surface area contributed by atoms with Gasteiger partial charge >= 0.3 is 0 Å². The fourth-order valence-corrected chi connectivity index (χ4v) is 2.15. The van der Waals surface area contributed by atoms with Gasteiger partial charge in [0.25, 0.3) is 0 Å². The number of anilines is 1. The summed E-state index contributed by atoms with van der Waals surface area (Å²) in [5.41, 5.74) is 7.80. The molecule has 16 heavy (non-hydrogen) atoms. The molecule has 3 heteroatoms. The molecule has 0 amide bonds. The van der Waals surface area contributed by atoms with Gasteiger partial charge in [-0.05, 0) is 37.0 Å². The predicted octanol–water partition coefficient (Wildman–Crippen LogP) is 1.78. The molecule has 3 nitrogen and oxygen atoms in total. The molecule has 0 spiro atoms. The van der Waals surface area contributed by atoms with E-state index in [4.69, 9.17) is 10.5 Å². The van der Waals surface area contributed by atoms with Crippen LogP contribution in [0.5, 0.6) is 0 Å². The first-order chi connectivity index (χ1) is 7.75. The Hall–Kier alpha value is -1.06. The summed E-state index contributed by atoms with van der Waals surface area (Å²) in [6.07, 6.45) is 1.57. The van der Waals surface area contributed by atoms with Crippen molar-refractivity contribution in [2.75, 3.05) is 18.9 Å². The van der Waals surface area contributed by atoms with E-state index in [9.17, 15) is 0 Å². The van der Waals surface area contributed by atoms with Gasteiger partial charge in [0.1, 0.15) is 0 Å². The van der Waals surface area contributed by atoms with Crippen LogP contribution in [-0.2, 0) is 11.3 Å². The van der Waals surface area contributed by atoms with E-state index in [1.165, 1.54) is 12.0 Å². The molecule has 1 aliphatic heterocycles. The zero-order chi connectivity index (χ0) is 11.4. The van der Waals surface area contributed by atoms with E-state index in [2.05, 4.69) is 18.3 Å². The lowest BCUT2D eigenvalue weighted by atomic mass is 10.0. The first-order valence-electron chi connectivity index (χ1n) is 5.92. The van der Waals surface area contributed by atoms with Gasteiger partial charge in [-0.1, -0.05) is 12.1 Å². The van der Waals surface area contributed by atoms with Crippen LogP contribution in [0.2, 0.25) is 0 Å². The summed E-state index contributed by atoms with van der Waals surface area (Å²) in [5.74, 6) is 0.654. The molecule has 1 fully saturated rings. The molecule has 1 aromatic rings. The van der Waals surface area contributed by atoms with Gasteiger partial charge in [0.05, 0.1) is 6.10 Å². The van der Waals surface area contributed by atoms with Crippen molar-refractivity contribution in [3.63, 3.8) is 0 Å². The number of nitrogens with two attached hydrogens (primary N) is 1. The Balaban J connectivity index is 1.75. The first-order valence-corrected chi connectivity index (χ1v) is 5.92. The second-order valence-corrected chi connectivity index (χ2v) is 4.50. The third-order valence-corrected chi connectivity index (χ3v) is 3.22. The van der Waals surface area contributed by atoms with E-state index in [0.29, 0.717) is 12.0 Å². The molecule has 88 valence electrons. The maximum absolute atomic E-state index is 5.73. The summed E-state index contributed by atoms with van der Waals surface area (Å²) in [4.78, 5) is 0. The van der Waals surface area contributed by atoms with E-state index in [-0.39, 0.29) is 0 Å². The van der Waals surface area contributed by atoms with Crippen molar-refractivity contribution in [3.8, 4) is 0 Å². The zero-order valence-corrected chi connectivity index (χ0v) is 9.78. The van der Waals surface area contributed by atoms with Gasteiger partial charge in [0.15, 0.2) is 0 Å². The van der Waals surface area contributed by atoms with Crippen molar-refractivity contribution in [3.05, 3.63) is 29.8 Å². The van der Waals surface area contributed by atoms with Crippen molar-refractivity contribution in [1.82, 2.24) is 5.32 Å². The van der Waals surface area contributed by atoms with E-state index in [1.807, 2.05) is 18.2 Å². The molecule has 1 aliphatic rings. The fraction of sp³-hybridized carbons (Fsp3) is 0.538. The number of ether oxygens (including phenoxy) is 1. The third kappa shape index (κ3) is 2.97. The lowest BCUT2D eigenvalue weighted by Gasteiger charge is -2.14. The van der Waals surface area contributed by atoms with Gasteiger partial charge in [-0.2, -0.15) is 0 Å². The van der Waals surface area contributed by atoms with Crippen molar-refractivity contribution in [1.29, 1.82) is 0 Å². The molecule has 0 aliphatic carbocycles. The summed E-state index contributed by atoms with van der Waals surface area (Å²) in [5, 5.41) is 3.47. The Morgan fingerprint density at radius 2 is 2.38 bits per heavy atom. The minimum absolute atomic E-state index is 0.397. The van der Waals surface area contributed by atoms with Crippen LogP contribution in [0.1, 0.15) is 18.9 Å². The Morgan fingerprint density at radius 1 is 1.50 bits per heavy atom. The lowest BCUT2D eigenvalue weighted by Crippen LogP contribution is -2.26. The first kappa shape index (κ1) is 11.4. The molecule has 0 aromatic heterocycles. The smallest absolute Gasteiger partial charge is 0.0588 e. The van der Waals surface area contributed by atoms with Crippen LogP contribution in [0.3, 0.4) is 0 Å². The second-order valence-electron chi connectivity index (χ2n) is 4.50. The van der Waals surface area contributed by atoms with Gasteiger partial charge in [-0.3, -0.25) is 0 Å². The maximum atomic E-state index is 5.73. The molecule has 1 saturated heterocycles. The molecule has 1 heterocycles. The predicted molar refractivity (Wildman–Crippen MR) is 66.1 cm³/mol. The molecule has 3 N–H and O–H groups in total. The van der Waals surface area contributed by atoms with Gasteiger partial charge < -0.3 is 15.8 Å². The monoisotopic (exact) mass is 220 g/mol. The van der Waals surface area contributed by atoms with E-state index < -0.39 is 0 Å². The SMILES string of the molecule is CC1OCCC1CNCc1cccc(N)c1. The normalized spacial score (nSPS) is 24.8. The van der Waals surface area contributed by atoms with Crippen LogP contribution in [0.25, 0.3) is 0 Å². The highest BCUT2D eigenvalue weighted by atomic mass is 16.5. The standard InChI is InChI=1S/C13H20N2O/c1-10-12(5-6-16-10)9-15-8-11-3-2-4-13(14)7-11/h2-4,7,10,12,15H,5-6,8-9,14H2,1H3. The highest BCUT2D eigenvalue weighted by Gasteiger charge is 2.23. The summed E-state index contributed by atoms with van der Waals surface area (Å²) in [6.45, 7) is 4.97. The number of nitrogens with one attached hydrogen (secondary N) is 1. The van der Waals surface area contributed by atoms with Crippen LogP contribution in [-0.4, -0.2) is 19.3 Å². The Bertz CT molecular complexity index is 340. The average Bonchev–Trinajstić information content (AvgIpc) is 2.65. The summed E-state index contributed by atoms with van der Waals surface area (Å²) >= 11 is 0. The van der Waals surface area contributed by atoms with Crippen molar-refractivity contribution >= 4 is 5.69 Å². The minimum Gasteiger partial charge on any atom is -0.399 e. The van der Waals surface area contributed by atoms with E-state index in [0.717, 1.165) is 25.4 Å². The largest absolute Gasteiger partial charge is 0.399 e. The van der Waals surface area contributed by atoms with Gasteiger partial charge in [0, 0.05) is 25.4 Å². The number of rotatable bonds is 4. The Kier molecular flexibility index (Phi) is 3.80. The van der Waals surface area contributed by atoms with Crippen molar-refractivity contribution in [2.24, 2.45) is 5.92 Å². The number of nitrogen functional groups attached to an aromatic ring is 1. The van der Waals surface area contributed by atoms with Crippen LogP contribution < -0.4 is 11.1 Å². The number of hydrogen-bond acceptors (Lipinski definition) is 3. The van der Waals surface area contributed by atoms with Crippen LogP contribution in [0, 0.1) is 5.92 Å². The molecule has 1 aromatic carbocycles. The van der Waals surface area contributed by atoms with Crippen LogP contribution in [0.4, 0.5) is 5.69 Å². The van der Waals surface area contributed by atoms with Crippen molar-refractivity contribution in [2.45, 2.75) is 26.0 Å². The number of benzene rings is 1. The summed E-state index contributed by atoms with van der Waals surface area (Å²) in [7, 11) is 0. The van der Waals surface area contributed by atoms with Gasteiger partial charge in [-0.25, -0.2) is 0 Å². The highest BCUT2D eigenvalue weighted by molar-refractivity contribution is 5.40. The van der Waals surface area contributed by atoms with Crippen molar-refractivity contribution < 1.29 is 4.74 Å². The average molecular weight is 220 g/mol. The topological polar surface area (TPSA) is 47.3 Å². The molecule has 2 unspecified atom stereocenters. The fourth-order valence-electron chi connectivity index (χ4n) is 2.15. The van der Waals surface area contributed by atoms with E-state index >= 15 is 0 Å². The zero-order valence-electron chi connectivity index (χ0n) is 9.78. The Morgan fingerprint density at radius 3 is 3.06 bits per heavy atom. The summed E-state index contributed by atoms with van der Waals surface area (Å²) in [6, 6.07) is 8.02. The third-order valence-electron chi connectivity index (χ3n) is 3.22. The molecule has 0 radical (unpaired) electrons.